The minimum absolute atomic E-state index is 0.235. The van der Waals surface area contributed by atoms with Crippen LogP contribution < -0.4 is 10.6 Å². The number of hydrogen-bond acceptors (Lipinski definition) is 5. The van der Waals surface area contributed by atoms with E-state index in [2.05, 4.69) is 20.8 Å². The Bertz CT molecular complexity index is 809. The fourth-order valence-electron chi connectivity index (χ4n) is 2.21. The molecule has 7 heteroatoms. The second-order valence-corrected chi connectivity index (χ2v) is 6.40. The lowest BCUT2D eigenvalue weighted by atomic mass is 10.2. The zero-order valence-electron chi connectivity index (χ0n) is 13.7. The van der Waals surface area contributed by atoms with E-state index in [1.54, 1.807) is 24.0 Å². The molecule has 25 heavy (non-hydrogen) atoms. The SMILES string of the molecule is C[C@@H](NC(=O)Nc1cccc(CSc2ccccn2)c1)c1ccon1. The third-order valence-corrected chi connectivity index (χ3v) is 4.47. The number of amides is 2. The van der Waals surface area contributed by atoms with E-state index in [4.69, 9.17) is 4.52 Å². The smallest absolute Gasteiger partial charge is 0.319 e. The average Bonchev–Trinajstić information content (AvgIpc) is 3.16. The number of benzene rings is 1. The van der Waals surface area contributed by atoms with Crippen LogP contribution >= 0.6 is 11.8 Å². The molecule has 3 aromatic rings. The first kappa shape index (κ1) is 17.0. The third kappa shape index (κ3) is 5.09. The molecule has 0 aliphatic rings. The van der Waals surface area contributed by atoms with E-state index < -0.39 is 0 Å². The normalized spacial score (nSPS) is 11.7. The molecule has 2 aromatic heterocycles. The summed E-state index contributed by atoms with van der Waals surface area (Å²) in [4.78, 5) is 16.4. The summed E-state index contributed by atoms with van der Waals surface area (Å²) in [5.74, 6) is 0.781. The molecule has 0 fully saturated rings. The number of pyridine rings is 1. The number of nitrogens with one attached hydrogen (secondary N) is 2. The molecule has 2 N–H and O–H groups in total. The van der Waals surface area contributed by atoms with Crippen molar-refractivity contribution >= 4 is 23.5 Å². The predicted molar refractivity (Wildman–Crippen MR) is 97.3 cm³/mol. The Balaban J connectivity index is 1.55. The van der Waals surface area contributed by atoms with Gasteiger partial charge in [0, 0.05) is 23.7 Å². The number of carbonyl (C=O) groups excluding carboxylic acids is 1. The van der Waals surface area contributed by atoms with Crippen LogP contribution in [0.1, 0.15) is 24.2 Å². The van der Waals surface area contributed by atoms with Crippen LogP contribution in [0.15, 0.2) is 70.5 Å². The van der Waals surface area contributed by atoms with Crippen LogP contribution in [0, 0.1) is 0 Å². The standard InChI is InChI=1S/C18H18N4O2S/c1-13(16-8-10-24-22-16)20-18(23)21-15-6-4-5-14(11-15)12-25-17-7-2-3-9-19-17/h2-11,13H,12H2,1H3,(H2,20,21,23)/t13-/m1/s1. The Morgan fingerprint density at radius 3 is 2.92 bits per heavy atom. The molecule has 6 nitrogen and oxygen atoms in total. The van der Waals surface area contributed by atoms with E-state index in [9.17, 15) is 4.79 Å². The van der Waals surface area contributed by atoms with E-state index in [1.807, 2.05) is 49.4 Å². The topological polar surface area (TPSA) is 80.0 Å². The molecule has 0 spiro atoms. The predicted octanol–water partition coefficient (Wildman–Crippen LogP) is 4.24. The van der Waals surface area contributed by atoms with Crippen molar-refractivity contribution in [1.29, 1.82) is 0 Å². The second-order valence-electron chi connectivity index (χ2n) is 5.40. The van der Waals surface area contributed by atoms with Crippen LogP contribution in [0.25, 0.3) is 0 Å². The molecule has 0 aliphatic heterocycles. The monoisotopic (exact) mass is 354 g/mol. The van der Waals surface area contributed by atoms with Gasteiger partial charge in [-0.1, -0.05) is 23.4 Å². The number of carbonyl (C=O) groups is 1. The van der Waals surface area contributed by atoms with Crippen molar-refractivity contribution in [3.05, 3.63) is 72.2 Å². The van der Waals surface area contributed by atoms with Crippen molar-refractivity contribution < 1.29 is 9.32 Å². The highest BCUT2D eigenvalue weighted by atomic mass is 32.2. The Morgan fingerprint density at radius 1 is 1.24 bits per heavy atom. The van der Waals surface area contributed by atoms with Crippen molar-refractivity contribution in [2.24, 2.45) is 0 Å². The summed E-state index contributed by atoms with van der Waals surface area (Å²) in [7, 11) is 0. The lowest BCUT2D eigenvalue weighted by Crippen LogP contribution is -2.31. The van der Waals surface area contributed by atoms with E-state index >= 15 is 0 Å². The van der Waals surface area contributed by atoms with Crippen LogP contribution in [-0.4, -0.2) is 16.2 Å². The molecule has 0 saturated carbocycles. The molecule has 0 unspecified atom stereocenters. The first-order valence-corrected chi connectivity index (χ1v) is 8.80. The number of rotatable bonds is 6. The highest BCUT2D eigenvalue weighted by Crippen LogP contribution is 2.22. The second kappa shape index (κ2) is 8.34. The number of thioether (sulfide) groups is 1. The van der Waals surface area contributed by atoms with E-state index in [0.717, 1.165) is 22.0 Å². The molecule has 0 aliphatic carbocycles. The Labute approximate surface area is 150 Å². The molecule has 1 aromatic carbocycles. The highest BCUT2D eigenvalue weighted by Gasteiger charge is 2.12. The fraction of sp³-hybridized carbons (Fsp3) is 0.167. The molecule has 128 valence electrons. The number of hydrogen-bond donors (Lipinski definition) is 2. The van der Waals surface area contributed by atoms with Gasteiger partial charge in [-0.05, 0) is 36.8 Å². The minimum atomic E-state index is -0.287. The zero-order chi connectivity index (χ0) is 17.5. The van der Waals surface area contributed by atoms with Crippen molar-refractivity contribution in [2.75, 3.05) is 5.32 Å². The quantitative estimate of drug-likeness (QED) is 0.647. The van der Waals surface area contributed by atoms with Gasteiger partial charge in [0.15, 0.2) is 0 Å². The minimum Gasteiger partial charge on any atom is -0.364 e. The lowest BCUT2D eigenvalue weighted by Gasteiger charge is -2.12. The van der Waals surface area contributed by atoms with Crippen LogP contribution in [0.2, 0.25) is 0 Å². The number of aromatic nitrogens is 2. The Hall–Kier alpha value is -2.80. The lowest BCUT2D eigenvalue weighted by molar-refractivity contribution is 0.249. The largest absolute Gasteiger partial charge is 0.364 e. The van der Waals surface area contributed by atoms with Gasteiger partial charge in [-0.15, -0.1) is 11.8 Å². The number of anilines is 1. The van der Waals surface area contributed by atoms with Crippen molar-refractivity contribution in [1.82, 2.24) is 15.5 Å². The third-order valence-electron chi connectivity index (χ3n) is 3.46. The maximum atomic E-state index is 12.1. The number of urea groups is 1. The molecule has 1 atom stereocenters. The van der Waals surface area contributed by atoms with Crippen LogP contribution in [0.5, 0.6) is 0 Å². The first-order valence-electron chi connectivity index (χ1n) is 7.81. The van der Waals surface area contributed by atoms with E-state index in [-0.39, 0.29) is 12.1 Å². The molecular weight excluding hydrogens is 336 g/mol. The summed E-state index contributed by atoms with van der Waals surface area (Å²) in [6.07, 6.45) is 3.26. The summed E-state index contributed by atoms with van der Waals surface area (Å²) in [5.41, 5.74) is 2.53. The molecular formula is C18H18N4O2S. The molecule has 3 rings (SSSR count). The Morgan fingerprint density at radius 2 is 2.16 bits per heavy atom. The van der Waals surface area contributed by atoms with Crippen LogP contribution in [-0.2, 0) is 5.75 Å². The van der Waals surface area contributed by atoms with Crippen LogP contribution in [0.4, 0.5) is 10.5 Å². The van der Waals surface area contributed by atoms with Crippen molar-refractivity contribution in [3.8, 4) is 0 Å². The van der Waals surface area contributed by atoms with Gasteiger partial charge in [0.2, 0.25) is 0 Å². The maximum absolute atomic E-state index is 12.1. The maximum Gasteiger partial charge on any atom is 0.319 e. The Kier molecular flexibility index (Phi) is 5.69. The average molecular weight is 354 g/mol. The van der Waals surface area contributed by atoms with Gasteiger partial charge in [0.05, 0.1) is 11.1 Å². The van der Waals surface area contributed by atoms with Gasteiger partial charge in [0.25, 0.3) is 0 Å². The van der Waals surface area contributed by atoms with Gasteiger partial charge in [-0.3, -0.25) is 0 Å². The fourth-order valence-corrected chi connectivity index (χ4v) is 3.02. The first-order chi connectivity index (χ1) is 12.2. The summed E-state index contributed by atoms with van der Waals surface area (Å²) in [5, 5.41) is 10.4. The van der Waals surface area contributed by atoms with E-state index in [1.165, 1.54) is 6.26 Å². The van der Waals surface area contributed by atoms with Gasteiger partial charge in [-0.25, -0.2) is 9.78 Å². The van der Waals surface area contributed by atoms with Crippen molar-refractivity contribution in [2.45, 2.75) is 23.7 Å². The molecule has 2 heterocycles. The summed E-state index contributed by atoms with van der Waals surface area (Å²) in [6, 6.07) is 14.8. The van der Waals surface area contributed by atoms with Gasteiger partial charge in [-0.2, -0.15) is 0 Å². The van der Waals surface area contributed by atoms with Gasteiger partial charge < -0.3 is 15.2 Å². The number of nitrogens with zero attached hydrogens (tertiary/aromatic N) is 2. The van der Waals surface area contributed by atoms with Crippen LogP contribution in [0.3, 0.4) is 0 Å². The summed E-state index contributed by atoms with van der Waals surface area (Å²) in [6.45, 7) is 1.84. The zero-order valence-corrected chi connectivity index (χ0v) is 14.5. The van der Waals surface area contributed by atoms with Gasteiger partial charge in [0.1, 0.15) is 12.0 Å². The van der Waals surface area contributed by atoms with E-state index in [0.29, 0.717) is 5.69 Å². The molecule has 0 saturated heterocycles. The molecule has 0 radical (unpaired) electrons. The highest BCUT2D eigenvalue weighted by molar-refractivity contribution is 7.98. The van der Waals surface area contributed by atoms with Gasteiger partial charge >= 0.3 is 6.03 Å². The summed E-state index contributed by atoms with van der Waals surface area (Å²) < 4.78 is 4.79. The van der Waals surface area contributed by atoms with Crippen molar-refractivity contribution in [3.63, 3.8) is 0 Å². The summed E-state index contributed by atoms with van der Waals surface area (Å²) >= 11 is 1.65. The molecule has 0 bridgehead atoms. The molecule has 2 amide bonds.